The van der Waals surface area contributed by atoms with Crippen molar-refractivity contribution in [2.75, 3.05) is 7.11 Å². The Morgan fingerprint density at radius 2 is 1.54 bits per heavy atom. The van der Waals surface area contributed by atoms with Crippen molar-refractivity contribution in [1.82, 2.24) is 0 Å². The molecule has 0 amide bonds. The van der Waals surface area contributed by atoms with Crippen LogP contribution in [0.4, 0.5) is 8.78 Å². The van der Waals surface area contributed by atoms with Crippen molar-refractivity contribution in [1.29, 1.82) is 0 Å². The average Bonchev–Trinajstić information content (AvgIpc) is 2.71. The molecule has 28 heavy (non-hydrogen) atoms. The maximum absolute atomic E-state index is 14.2. The van der Waals surface area contributed by atoms with Gasteiger partial charge in [-0.1, -0.05) is 25.3 Å². The van der Waals surface area contributed by atoms with Crippen LogP contribution < -0.4 is 0 Å². The average molecular weight is 391 g/mol. The van der Waals surface area contributed by atoms with Crippen LogP contribution in [0.1, 0.15) is 87.7 Å². The second-order valence-electron chi connectivity index (χ2n) is 9.01. The lowest BCUT2D eigenvalue weighted by molar-refractivity contribution is 0.156. The molecule has 0 aliphatic heterocycles. The molecule has 0 radical (unpaired) electrons. The van der Waals surface area contributed by atoms with Gasteiger partial charge in [-0.05, 0) is 92.7 Å². The monoisotopic (exact) mass is 390 g/mol. The van der Waals surface area contributed by atoms with Crippen LogP contribution in [0.2, 0.25) is 0 Å². The molecule has 2 saturated carbocycles. The summed E-state index contributed by atoms with van der Waals surface area (Å²) in [5.74, 6) is 1.97. The molecule has 0 spiro atoms. The maximum atomic E-state index is 14.2. The Hall–Kier alpha value is -1.22. The molecule has 0 atom stereocenters. The number of methoxy groups -OCH3 is 1. The van der Waals surface area contributed by atoms with Gasteiger partial charge in [0.05, 0.1) is 6.61 Å². The van der Waals surface area contributed by atoms with Crippen molar-refractivity contribution in [3.8, 4) is 0 Å². The zero-order chi connectivity index (χ0) is 19.9. The Bertz CT molecular complexity index is 602. The number of unbranched alkanes of at least 4 members (excludes halogenated alkanes) is 1. The van der Waals surface area contributed by atoms with Crippen LogP contribution in [0.3, 0.4) is 0 Å². The van der Waals surface area contributed by atoms with Crippen LogP contribution in [-0.4, -0.2) is 7.11 Å². The molecule has 156 valence electrons. The van der Waals surface area contributed by atoms with Crippen molar-refractivity contribution < 1.29 is 13.5 Å². The van der Waals surface area contributed by atoms with E-state index in [-0.39, 0.29) is 12.2 Å². The van der Waals surface area contributed by atoms with E-state index in [1.165, 1.54) is 70.6 Å². The van der Waals surface area contributed by atoms with E-state index in [4.69, 9.17) is 4.74 Å². The van der Waals surface area contributed by atoms with Gasteiger partial charge in [0.15, 0.2) is 0 Å². The number of halogens is 2. The molecule has 2 fully saturated rings. The number of allylic oxidation sites excluding steroid dienone is 1. The number of hydrogen-bond donors (Lipinski definition) is 0. The van der Waals surface area contributed by atoms with Crippen molar-refractivity contribution >= 4 is 0 Å². The number of hydrogen-bond acceptors (Lipinski definition) is 1. The van der Waals surface area contributed by atoms with E-state index < -0.39 is 11.6 Å². The summed E-state index contributed by atoms with van der Waals surface area (Å²) in [4.78, 5) is 0. The third-order valence-corrected chi connectivity index (χ3v) is 7.27. The van der Waals surface area contributed by atoms with E-state index in [9.17, 15) is 8.78 Å². The molecule has 3 heteroatoms. The lowest BCUT2D eigenvalue weighted by atomic mass is 9.68. The van der Waals surface area contributed by atoms with E-state index in [2.05, 4.69) is 6.58 Å². The highest BCUT2D eigenvalue weighted by Crippen LogP contribution is 2.44. The number of ether oxygens (including phenoxy) is 1. The van der Waals surface area contributed by atoms with Crippen molar-refractivity contribution in [2.45, 2.75) is 83.2 Å². The first-order chi connectivity index (χ1) is 13.6. The highest BCUT2D eigenvalue weighted by molar-refractivity contribution is 5.28. The normalized spacial score (nSPS) is 28.2. The Kier molecular flexibility index (Phi) is 8.08. The number of benzene rings is 1. The third-order valence-electron chi connectivity index (χ3n) is 7.27. The molecule has 0 aromatic heterocycles. The first kappa shape index (κ1) is 21.5. The maximum Gasteiger partial charge on any atom is 0.131 e. The third kappa shape index (κ3) is 5.43. The van der Waals surface area contributed by atoms with Crippen LogP contribution >= 0.6 is 0 Å². The molecular formula is C25H36F2O. The van der Waals surface area contributed by atoms with Crippen LogP contribution in [0.15, 0.2) is 24.8 Å². The molecule has 0 heterocycles. The van der Waals surface area contributed by atoms with Gasteiger partial charge in [-0.15, -0.1) is 6.58 Å². The molecule has 1 nitrogen and oxygen atoms in total. The Morgan fingerprint density at radius 3 is 2.07 bits per heavy atom. The van der Waals surface area contributed by atoms with Gasteiger partial charge >= 0.3 is 0 Å². The Morgan fingerprint density at radius 1 is 0.964 bits per heavy atom. The molecular weight excluding hydrogens is 354 g/mol. The summed E-state index contributed by atoms with van der Waals surface area (Å²) in [5.41, 5.74) is 0.879. The molecule has 3 rings (SSSR count). The molecule has 0 unspecified atom stereocenters. The van der Waals surface area contributed by atoms with Crippen LogP contribution in [0, 0.1) is 29.4 Å². The summed E-state index contributed by atoms with van der Waals surface area (Å²) in [6.45, 7) is 3.81. The molecule has 0 N–H and O–H groups in total. The van der Waals surface area contributed by atoms with Crippen molar-refractivity contribution in [3.05, 3.63) is 47.5 Å². The molecule has 0 saturated heterocycles. The molecule has 1 aromatic rings. The highest BCUT2D eigenvalue weighted by atomic mass is 19.1. The van der Waals surface area contributed by atoms with Gasteiger partial charge in [0.2, 0.25) is 0 Å². The molecule has 2 aliphatic rings. The SMILES string of the molecule is C=CCCC[C@H]1CC[C@H]([C@H]2CC[C@H](c3cc(F)c(COC)c(F)c3)CC2)CC1. The summed E-state index contributed by atoms with van der Waals surface area (Å²) < 4.78 is 33.4. The van der Waals surface area contributed by atoms with Crippen LogP contribution in [0.25, 0.3) is 0 Å². The molecule has 1 aromatic carbocycles. The standard InChI is InChI=1S/C25H36F2O/c1-3-4-5-6-18-7-9-19(10-8-18)20-11-13-21(14-12-20)22-15-24(26)23(17-28-2)25(27)16-22/h3,15-16,18-21H,1,4-14,17H2,2H3/t18-,19-,20-,21-. The van der Waals surface area contributed by atoms with Gasteiger partial charge in [-0.2, -0.15) is 0 Å². The van der Waals surface area contributed by atoms with Crippen LogP contribution in [-0.2, 0) is 11.3 Å². The predicted octanol–water partition coefficient (Wildman–Crippen LogP) is 7.55. The fourth-order valence-corrected chi connectivity index (χ4v) is 5.56. The minimum absolute atomic E-state index is 0.0129. The minimum atomic E-state index is -0.464. The summed E-state index contributed by atoms with van der Waals surface area (Å²) in [6, 6.07) is 3.08. The van der Waals surface area contributed by atoms with E-state index in [0.29, 0.717) is 5.92 Å². The quantitative estimate of drug-likeness (QED) is 0.329. The Balaban J connectivity index is 1.48. The molecule has 0 bridgehead atoms. The topological polar surface area (TPSA) is 9.23 Å². The Labute approximate surface area is 169 Å². The first-order valence-electron chi connectivity index (χ1n) is 11.2. The van der Waals surface area contributed by atoms with E-state index in [0.717, 1.165) is 42.6 Å². The lowest BCUT2D eigenvalue weighted by Gasteiger charge is -2.38. The summed E-state index contributed by atoms with van der Waals surface area (Å²) in [7, 11) is 1.46. The fourth-order valence-electron chi connectivity index (χ4n) is 5.56. The number of rotatable bonds is 8. The van der Waals surface area contributed by atoms with Crippen molar-refractivity contribution in [3.63, 3.8) is 0 Å². The van der Waals surface area contributed by atoms with Gasteiger partial charge in [-0.3, -0.25) is 0 Å². The summed E-state index contributed by atoms with van der Waals surface area (Å²) in [5, 5.41) is 0. The minimum Gasteiger partial charge on any atom is -0.380 e. The fraction of sp³-hybridized carbons (Fsp3) is 0.680. The zero-order valence-electron chi connectivity index (χ0n) is 17.4. The van der Waals surface area contributed by atoms with Gasteiger partial charge in [0, 0.05) is 12.7 Å². The van der Waals surface area contributed by atoms with Gasteiger partial charge in [0.1, 0.15) is 11.6 Å². The largest absolute Gasteiger partial charge is 0.380 e. The van der Waals surface area contributed by atoms with Gasteiger partial charge in [0.25, 0.3) is 0 Å². The second-order valence-corrected chi connectivity index (χ2v) is 9.01. The molecule has 2 aliphatic carbocycles. The van der Waals surface area contributed by atoms with Crippen LogP contribution in [0.5, 0.6) is 0 Å². The summed E-state index contributed by atoms with van der Waals surface area (Å²) in [6.07, 6.45) is 15.9. The highest BCUT2D eigenvalue weighted by Gasteiger charge is 2.31. The summed E-state index contributed by atoms with van der Waals surface area (Å²) >= 11 is 0. The van der Waals surface area contributed by atoms with E-state index >= 15 is 0 Å². The van der Waals surface area contributed by atoms with Gasteiger partial charge < -0.3 is 4.74 Å². The predicted molar refractivity (Wildman–Crippen MR) is 111 cm³/mol. The van der Waals surface area contributed by atoms with E-state index in [1.807, 2.05) is 6.08 Å². The first-order valence-corrected chi connectivity index (χ1v) is 11.2. The lowest BCUT2D eigenvalue weighted by Crippen LogP contribution is -2.25. The zero-order valence-corrected chi connectivity index (χ0v) is 17.4. The van der Waals surface area contributed by atoms with E-state index in [1.54, 1.807) is 0 Å². The smallest absolute Gasteiger partial charge is 0.131 e. The van der Waals surface area contributed by atoms with Gasteiger partial charge in [-0.25, -0.2) is 8.78 Å². The van der Waals surface area contributed by atoms with Crippen molar-refractivity contribution in [2.24, 2.45) is 17.8 Å². The second kappa shape index (κ2) is 10.5.